The second-order valence-electron chi connectivity index (χ2n) is 5.39. The normalized spacial score (nSPS) is 22.7. The number of hydrogen-bond acceptors (Lipinski definition) is 3. The van der Waals surface area contributed by atoms with E-state index in [0.717, 1.165) is 38.3 Å². The summed E-state index contributed by atoms with van der Waals surface area (Å²) in [6.45, 7) is 3.94. The molecule has 4 nitrogen and oxygen atoms in total. The van der Waals surface area contributed by atoms with Crippen molar-refractivity contribution in [3.05, 3.63) is 24.3 Å². The van der Waals surface area contributed by atoms with E-state index in [4.69, 9.17) is 0 Å². The molecule has 2 aliphatic rings. The fraction of sp³-hybridized carbons (Fsp3) is 0.533. The number of benzene rings is 1. The Balaban J connectivity index is 1.74. The maximum absolute atomic E-state index is 12.2. The number of nitrogens with one attached hydrogen (secondary N) is 2. The third kappa shape index (κ3) is 2.73. The fourth-order valence-corrected chi connectivity index (χ4v) is 2.93. The first-order valence-electron chi connectivity index (χ1n) is 7.20. The smallest absolute Gasteiger partial charge is 0.228 e. The summed E-state index contributed by atoms with van der Waals surface area (Å²) in [6.07, 6.45) is 3.43. The summed E-state index contributed by atoms with van der Waals surface area (Å²) < 4.78 is 0. The molecular formula is C15H21N3O. The minimum Gasteiger partial charge on any atom is -0.370 e. The van der Waals surface area contributed by atoms with Gasteiger partial charge in [-0.15, -0.1) is 0 Å². The molecule has 0 spiro atoms. The van der Waals surface area contributed by atoms with Crippen molar-refractivity contribution >= 4 is 17.3 Å². The van der Waals surface area contributed by atoms with Crippen LogP contribution in [0.15, 0.2) is 24.3 Å². The first-order chi connectivity index (χ1) is 9.34. The highest BCUT2D eigenvalue weighted by Gasteiger charge is 2.24. The summed E-state index contributed by atoms with van der Waals surface area (Å²) in [6, 6.07) is 8.14. The predicted molar refractivity (Wildman–Crippen MR) is 77.5 cm³/mol. The third-order valence-corrected chi connectivity index (χ3v) is 4.04. The maximum atomic E-state index is 12.2. The second-order valence-corrected chi connectivity index (χ2v) is 5.39. The van der Waals surface area contributed by atoms with Crippen LogP contribution in [0.25, 0.3) is 0 Å². The highest BCUT2D eigenvalue weighted by molar-refractivity contribution is 5.96. The van der Waals surface area contributed by atoms with Crippen LogP contribution in [-0.2, 0) is 4.79 Å². The quantitative estimate of drug-likeness (QED) is 0.870. The molecular weight excluding hydrogens is 238 g/mol. The Morgan fingerprint density at radius 3 is 2.79 bits per heavy atom. The van der Waals surface area contributed by atoms with Gasteiger partial charge in [0.1, 0.15) is 0 Å². The van der Waals surface area contributed by atoms with Crippen LogP contribution in [0.3, 0.4) is 0 Å². The van der Waals surface area contributed by atoms with E-state index in [0.29, 0.717) is 0 Å². The van der Waals surface area contributed by atoms with Gasteiger partial charge in [0.05, 0.1) is 17.3 Å². The average Bonchev–Trinajstić information content (AvgIpc) is 3.13. The average molecular weight is 259 g/mol. The number of hydrogen-bond donors (Lipinski definition) is 2. The second kappa shape index (κ2) is 5.61. The van der Waals surface area contributed by atoms with E-state index in [1.54, 1.807) is 0 Å². The molecule has 2 fully saturated rings. The lowest BCUT2D eigenvalue weighted by Crippen LogP contribution is -2.26. The van der Waals surface area contributed by atoms with Crippen LogP contribution in [0.4, 0.5) is 11.4 Å². The molecule has 0 saturated carbocycles. The lowest BCUT2D eigenvalue weighted by atomic mass is 10.1. The topological polar surface area (TPSA) is 44.4 Å². The molecule has 2 heterocycles. The van der Waals surface area contributed by atoms with Crippen molar-refractivity contribution in [2.45, 2.75) is 19.3 Å². The van der Waals surface area contributed by atoms with Gasteiger partial charge in [-0.05, 0) is 37.9 Å². The molecule has 0 aliphatic carbocycles. The van der Waals surface area contributed by atoms with Gasteiger partial charge >= 0.3 is 0 Å². The molecule has 2 aliphatic heterocycles. The molecule has 1 aromatic rings. The van der Waals surface area contributed by atoms with Gasteiger partial charge in [-0.25, -0.2) is 0 Å². The van der Waals surface area contributed by atoms with E-state index in [2.05, 4.69) is 21.6 Å². The summed E-state index contributed by atoms with van der Waals surface area (Å²) in [5.41, 5.74) is 2.13. The molecule has 1 aromatic carbocycles. The Hall–Kier alpha value is -1.55. The molecule has 2 N–H and O–H groups in total. The zero-order chi connectivity index (χ0) is 13.1. The molecule has 102 valence electrons. The molecule has 0 aromatic heterocycles. The van der Waals surface area contributed by atoms with Crippen molar-refractivity contribution in [3.63, 3.8) is 0 Å². The maximum Gasteiger partial charge on any atom is 0.228 e. The Labute approximate surface area is 114 Å². The van der Waals surface area contributed by atoms with Crippen LogP contribution in [0.2, 0.25) is 0 Å². The molecule has 1 atom stereocenters. The molecule has 4 heteroatoms. The van der Waals surface area contributed by atoms with Gasteiger partial charge in [-0.2, -0.15) is 0 Å². The van der Waals surface area contributed by atoms with Gasteiger partial charge in [0.15, 0.2) is 0 Å². The van der Waals surface area contributed by atoms with Crippen molar-refractivity contribution < 1.29 is 4.79 Å². The molecule has 1 amide bonds. The van der Waals surface area contributed by atoms with Crippen LogP contribution in [0.5, 0.6) is 0 Å². The summed E-state index contributed by atoms with van der Waals surface area (Å²) in [7, 11) is 0. The monoisotopic (exact) mass is 259 g/mol. The van der Waals surface area contributed by atoms with Crippen molar-refractivity contribution in [1.29, 1.82) is 0 Å². The summed E-state index contributed by atoms with van der Waals surface area (Å²) in [5, 5.41) is 6.35. The van der Waals surface area contributed by atoms with Crippen molar-refractivity contribution in [2.75, 3.05) is 36.4 Å². The minimum atomic E-state index is 0.117. The van der Waals surface area contributed by atoms with Crippen molar-refractivity contribution in [2.24, 2.45) is 5.92 Å². The van der Waals surface area contributed by atoms with Crippen LogP contribution in [0, 0.1) is 5.92 Å². The molecule has 3 rings (SSSR count). The highest BCUT2D eigenvalue weighted by Crippen LogP contribution is 2.29. The number of carbonyl (C=O) groups excluding carboxylic acids is 1. The summed E-state index contributed by atoms with van der Waals surface area (Å²) in [4.78, 5) is 14.6. The van der Waals surface area contributed by atoms with Gasteiger partial charge in [0.2, 0.25) is 5.91 Å². The van der Waals surface area contributed by atoms with Crippen LogP contribution in [-0.4, -0.2) is 32.1 Å². The molecule has 1 unspecified atom stereocenters. The number of carbonyl (C=O) groups is 1. The molecule has 0 bridgehead atoms. The van der Waals surface area contributed by atoms with Gasteiger partial charge in [-0.1, -0.05) is 12.1 Å². The van der Waals surface area contributed by atoms with E-state index in [1.807, 2.05) is 18.2 Å². The lowest BCUT2D eigenvalue weighted by Gasteiger charge is -2.22. The first kappa shape index (κ1) is 12.5. The van der Waals surface area contributed by atoms with Crippen LogP contribution < -0.4 is 15.5 Å². The number of anilines is 2. The Morgan fingerprint density at radius 1 is 1.26 bits per heavy atom. The Kier molecular flexibility index (Phi) is 3.69. The van der Waals surface area contributed by atoms with E-state index >= 15 is 0 Å². The van der Waals surface area contributed by atoms with E-state index in [9.17, 15) is 4.79 Å². The zero-order valence-corrected chi connectivity index (χ0v) is 11.2. The number of nitrogens with zero attached hydrogens (tertiary/aromatic N) is 1. The van der Waals surface area contributed by atoms with E-state index in [1.165, 1.54) is 18.5 Å². The predicted octanol–water partition coefficient (Wildman–Crippen LogP) is 1.83. The highest BCUT2D eigenvalue weighted by atomic mass is 16.1. The summed E-state index contributed by atoms with van der Waals surface area (Å²) >= 11 is 0. The van der Waals surface area contributed by atoms with Gasteiger partial charge in [0, 0.05) is 19.6 Å². The largest absolute Gasteiger partial charge is 0.370 e. The molecule has 0 radical (unpaired) electrons. The number of para-hydroxylation sites is 2. The minimum absolute atomic E-state index is 0.117. The number of amides is 1. The third-order valence-electron chi connectivity index (χ3n) is 4.04. The Morgan fingerprint density at radius 2 is 2.05 bits per heavy atom. The van der Waals surface area contributed by atoms with Crippen molar-refractivity contribution in [1.82, 2.24) is 5.32 Å². The van der Waals surface area contributed by atoms with E-state index in [-0.39, 0.29) is 11.8 Å². The standard InChI is InChI=1S/C15H21N3O/c19-15(12-7-8-16-11-12)17-13-5-1-2-6-14(13)18-9-3-4-10-18/h1-2,5-6,12,16H,3-4,7-11H2,(H,17,19). The first-order valence-corrected chi connectivity index (χ1v) is 7.20. The summed E-state index contributed by atoms with van der Waals surface area (Å²) in [5.74, 6) is 0.267. The van der Waals surface area contributed by atoms with Gasteiger partial charge in [-0.3, -0.25) is 4.79 Å². The Bertz CT molecular complexity index is 448. The van der Waals surface area contributed by atoms with Crippen molar-refractivity contribution in [3.8, 4) is 0 Å². The molecule has 2 saturated heterocycles. The zero-order valence-electron chi connectivity index (χ0n) is 11.2. The van der Waals surface area contributed by atoms with Crippen LogP contribution in [0.1, 0.15) is 19.3 Å². The SMILES string of the molecule is O=C(Nc1ccccc1N1CCCC1)C1CCNC1. The van der Waals surface area contributed by atoms with Gasteiger partial charge < -0.3 is 15.5 Å². The lowest BCUT2D eigenvalue weighted by molar-refractivity contribution is -0.119. The van der Waals surface area contributed by atoms with E-state index < -0.39 is 0 Å². The fourth-order valence-electron chi connectivity index (χ4n) is 2.93. The molecule has 19 heavy (non-hydrogen) atoms. The number of rotatable bonds is 3. The van der Waals surface area contributed by atoms with Crippen LogP contribution >= 0.6 is 0 Å². The van der Waals surface area contributed by atoms with Gasteiger partial charge in [0.25, 0.3) is 0 Å².